The van der Waals surface area contributed by atoms with Gasteiger partial charge >= 0.3 is 0 Å². The minimum Gasteiger partial charge on any atom is -0.345 e. The number of ketones is 1. The number of benzene rings is 1. The van der Waals surface area contributed by atoms with Crippen LogP contribution in [0.5, 0.6) is 0 Å². The van der Waals surface area contributed by atoms with E-state index in [9.17, 15) is 9.59 Å². The van der Waals surface area contributed by atoms with Crippen molar-refractivity contribution in [2.75, 3.05) is 6.54 Å². The zero-order valence-corrected chi connectivity index (χ0v) is 9.87. The second-order valence-corrected chi connectivity index (χ2v) is 4.40. The number of carbonyl (C=O) groups excluding carboxylic acids is 2. The minimum atomic E-state index is -0.226. The van der Waals surface area contributed by atoms with Crippen molar-refractivity contribution in [2.24, 2.45) is 0 Å². The van der Waals surface area contributed by atoms with Gasteiger partial charge in [-0.15, -0.1) is 11.3 Å². The second-order valence-electron chi connectivity index (χ2n) is 3.45. The van der Waals surface area contributed by atoms with Crippen LogP contribution >= 0.6 is 11.3 Å². The van der Waals surface area contributed by atoms with Gasteiger partial charge in [-0.25, -0.2) is 0 Å². The predicted molar refractivity (Wildman–Crippen MR) is 67.4 cm³/mol. The van der Waals surface area contributed by atoms with Crippen LogP contribution in [0, 0.1) is 0 Å². The molecule has 1 N–H and O–H groups in total. The molecule has 0 aliphatic rings. The summed E-state index contributed by atoms with van der Waals surface area (Å²) >= 11 is 1.38. The summed E-state index contributed by atoms with van der Waals surface area (Å²) in [6, 6.07) is 12.4. The molecule has 1 aromatic carbocycles. The van der Waals surface area contributed by atoms with E-state index < -0.39 is 0 Å². The summed E-state index contributed by atoms with van der Waals surface area (Å²) < 4.78 is 0. The average Bonchev–Trinajstić information content (AvgIpc) is 2.90. The summed E-state index contributed by atoms with van der Waals surface area (Å²) in [5.41, 5.74) is 0.562. The van der Waals surface area contributed by atoms with Gasteiger partial charge in [-0.05, 0) is 23.6 Å². The Kier molecular flexibility index (Phi) is 3.67. The van der Waals surface area contributed by atoms with Gasteiger partial charge in [-0.1, -0.05) is 24.3 Å². The molecule has 2 aromatic rings. The Balaban J connectivity index is 1.91. The molecule has 17 heavy (non-hydrogen) atoms. The highest BCUT2D eigenvalue weighted by molar-refractivity contribution is 7.12. The monoisotopic (exact) mass is 245 g/mol. The molecule has 0 unspecified atom stereocenters. The number of rotatable bonds is 4. The lowest BCUT2D eigenvalue weighted by Crippen LogP contribution is -2.29. The van der Waals surface area contributed by atoms with Crippen LogP contribution in [0.1, 0.15) is 20.0 Å². The van der Waals surface area contributed by atoms with Crippen LogP contribution in [0.15, 0.2) is 47.8 Å². The van der Waals surface area contributed by atoms with Crippen molar-refractivity contribution >= 4 is 23.0 Å². The van der Waals surface area contributed by atoms with Crippen molar-refractivity contribution in [3.63, 3.8) is 0 Å². The van der Waals surface area contributed by atoms with Gasteiger partial charge in [0.05, 0.1) is 11.4 Å². The summed E-state index contributed by atoms with van der Waals surface area (Å²) in [4.78, 5) is 24.0. The molecule has 0 saturated carbocycles. The standard InChI is InChI=1S/C13H11NO2S/c15-11(12-7-4-8-17-12)9-14-13(16)10-5-2-1-3-6-10/h1-8H,9H2,(H,14,16). The van der Waals surface area contributed by atoms with Crippen LogP contribution in [-0.4, -0.2) is 18.2 Å². The fourth-order valence-electron chi connectivity index (χ4n) is 1.38. The molecule has 0 saturated heterocycles. The molecule has 1 amide bonds. The number of hydrogen-bond acceptors (Lipinski definition) is 3. The third kappa shape index (κ3) is 3.01. The SMILES string of the molecule is O=C(NCC(=O)c1cccs1)c1ccccc1. The Morgan fingerprint density at radius 2 is 1.82 bits per heavy atom. The molecule has 0 fully saturated rings. The maximum absolute atomic E-state index is 11.7. The summed E-state index contributed by atoms with van der Waals surface area (Å²) in [5, 5.41) is 4.44. The highest BCUT2D eigenvalue weighted by Gasteiger charge is 2.09. The number of Topliss-reactive ketones (excluding diaryl/α,β-unsaturated/α-hetero) is 1. The van der Waals surface area contributed by atoms with Crippen LogP contribution in [-0.2, 0) is 0 Å². The van der Waals surface area contributed by atoms with Crippen molar-refractivity contribution in [3.8, 4) is 0 Å². The first-order valence-electron chi connectivity index (χ1n) is 5.17. The van der Waals surface area contributed by atoms with Gasteiger partial charge in [-0.3, -0.25) is 9.59 Å². The molecule has 0 spiro atoms. The Labute approximate surface area is 103 Å². The maximum Gasteiger partial charge on any atom is 0.251 e. The molecule has 0 aliphatic heterocycles. The van der Waals surface area contributed by atoms with Crippen LogP contribution in [0.4, 0.5) is 0 Å². The quantitative estimate of drug-likeness (QED) is 0.840. The lowest BCUT2D eigenvalue weighted by molar-refractivity contribution is 0.0905. The fraction of sp³-hybridized carbons (Fsp3) is 0.0769. The number of nitrogens with one attached hydrogen (secondary N) is 1. The van der Waals surface area contributed by atoms with Crippen molar-refractivity contribution in [1.29, 1.82) is 0 Å². The molecule has 2 rings (SSSR count). The van der Waals surface area contributed by atoms with Gasteiger partial charge in [0.2, 0.25) is 0 Å². The van der Waals surface area contributed by atoms with Gasteiger partial charge in [-0.2, -0.15) is 0 Å². The number of thiophene rings is 1. The van der Waals surface area contributed by atoms with E-state index in [0.717, 1.165) is 0 Å². The molecule has 1 heterocycles. The highest BCUT2D eigenvalue weighted by Crippen LogP contribution is 2.08. The Morgan fingerprint density at radius 1 is 1.06 bits per heavy atom. The normalized spacial score (nSPS) is 9.88. The topological polar surface area (TPSA) is 46.2 Å². The van der Waals surface area contributed by atoms with E-state index in [1.807, 2.05) is 17.5 Å². The van der Waals surface area contributed by atoms with Crippen LogP contribution in [0.25, 0.3) is 0 Å². The van der Waals surface area contributed by atoms with Crippen LogP contribution < -0.4 is 5.32 Å². The number of hydrogen-bond donors (Lipinski definition) is 1. The number of amides is 1. The smallest absolute Gasteiger partial charge is 0.251 e. The molecule has 3 nitrogen and oxygen atoms in total. The molecule has 1 aromatic heterocycles. The van der Waals surface area contributed by atoms with Gasteiger partial charge < -0.3 is 5.32 Å². The molecule has 4 heteroatoms. The lowest BCUT2D eigenvalue weighted by atomic mass is 10.2. The zero-order valence-electron chi connectivity index (χ0n) is 9.05. The van der Waals surface area contributed by atoms with E-state index in [4.69, 9.17) is 0 Å². The molecule has 0 aliphatic carbocycles. The molecule has 0 bridgehead atoms. The largest absolute Gasteiger partial charge is 0.345 e. The third-order valence-corrected chi connectivity index (χ3v) is 3.15. The van der Waals surface area contributed by atoms with E-state index >= 15 is 0 Å². The van der Waals surface area contributed by atoms with Crippen LogP contribution in [0.3, 0.4) is 0 Å². The van der Waals surface area contributed by atoms with E-state index in [0.29, 0.717) is 10.4 Å². The Hall–Kier alpha value is -1.94. The average molecular weight is 245 g/mol. The maximum atomic E-state index is 11.7. The Bertz CT molecular complexity index is 505. The summed E-state index contributed by atoms with van der Waals surface area (Å²) in [7, 11) is 0. The highest BCUT2D eigenvalue weighted by atomic mass is 32.1. The van der Waals surface area contributed by atoms with Gasteiger partial charge in [0.25, 0.3) is 5.91 Å². The predicted octanol–water partition coefficient (Wildman–Crippen LogP) is 2.36. The zero-order chi connectivity index (χ0) is 12.1. The van der Waals surface area contributed by atoms with Gasteiger partial charge in [0, 0.05) is 5.56 Å². The van der Waals surface area contributed by atoms with Gasteiger partial charge in [0.1, 0.15) is 0 Å². The summed E-state index contributed by atoms with van der Waals surface area (Å²) in [6.07, 6.45) is 0. The molecule has 86 valence electrons. The third-order valence-electron chi connectivity index (χ3n) is 2.24. The molecule has 0 atom stereocenters. The van der Waals surface area contributed by atoms with E-state index in [2.05, 4.69) is 5.32 Å². The van der Waals surface area contributed by atoms with Crippen LogP contribution in [0.2, 0.25) is 0 Å². The second kappa shape index (κ2) is 5.41. The summed E-state index contributed by atoms with van der Waals surface area (Å²) in [5.74, 6) is -0.292. The van der Waals surface area contributed by atoms with E-state index in [1.54, 1.807) is 30.3 Å². The lowest BCUT2D eigenvalue weighted by Gasteiger charge is -2.03. The van der Waals surface area contributed by atoms with Gasteiger partial charge in [0.15, 0.2) is 5.78 Å². The fourth-order valence-corrected chi connectivity index (χ4v) is 2.04. The van der Waals surface area contributed by atoms with E-state index in [1.165, 1.54) is 11.3 Å². The molecule has 0 radical (unpaired) electrons. The van der Waals surface area contributed by atoms with Crippen molar-refractivity contribution < 1.29 is 9.59 Å². The van der Waals surface area contributed by atoms with E-state index in [-0.39, 0.29) is 18.2 Å². The first kappa shape index (κ1) is 11.5. The first-order chi connectivity index (χ1) is 8.27. The first-order valence-corrected chi connectivity index (χ1v) is 6.05. The minimum absolute atomic E-state index is 0.0360. The number of carbonyl (C=O) groups is 2. The molecular formula is C13H11NO2S. The molecular weight excluding hydrogens is 234 g/mol. The van der Waals surface area contributed by atoms with Crippen molar-refractivity contribution in [3.05, 3.63) is 58.3 Å². The summed E-state index contributed by atoms with van der Waals surface area (Å²) in [6.45, 7) is 0.0360. The van der Waals surface area contributed by atoms with Crippen molar-refractivity contribution in [2.45, 2.75) is 0 Å². The Morgan fingerprint density at radius 3 is 2.47 bits per heavy atom. The van der Waals surface area contributed by atoms with Crippen molar-refractivity contribution in [1.82, 2.24) is 5.32 Å².